The highest BCUT2D eigenvalue weighted by molar-refractivity contribution is 5.20. The van der Waals surface area contributed by atoms with Crippen molar-refractivity contribution in [2.75, 3.05) is 6.54 Å². The molecule has 1 aromatic rings. The standard InChI is InChI=1S/C12H16FNO/c1-12(6-7-12)14-8-11(15)9-4-2-3-5-10(9)13/h2-5,11,14-15H,6-8H2,1H3. The van der Waals surface area contributed by atoms with E-state index in [-0.39, 0.29) is 11.4 Å². The third-order valence-electron chi connectivity index (χ3n) is 2.99. The van der Waals surface area contributed by atoms with Crippen LogP contribution in [0, 0.1) is 5.82 Å². The lowest BCUT2D eigenvalue weighted by Gasteiger charge is -2.16. The Morgan fingerprint density at radius 1 is 1.47 bits per heavy atom. The Balaban J connectivity index is 1.95. The number of nitrogens with one attached hydrogen (secondary N) is 1. The van der Waals surface area contributed by atoms with Gasteiger partial charge in [0.25, 0.3) is 0 Å². The van der Waals surface area contributed by atoms with Gasteiger partial charge in [-0.15, -0.1) is 0 Å². The van der Waals surface area contributed by atoms with E-state index in [9.17, 15) is 9.50 Å². The Labute approximate surface area is 89.1 Å². The highest BCUT2D eigenvalue weighted by Gasteiger charge is 2.36. The topological polar surface area (TPSA) is 32.3 Å². The number of hydrogen-bond donors (Lipinski definition) is 2. The van der Waals surface area contributed by atoms with Crippen molar-refractivity contribution in [2.24, 2.45) is 0 Å². The summed E-state index contributed by atoms with van der Waals surface area (Å²) in [5.74, 6) is -0.340. The quantitative estimate of drug-likeness (QED) is 0.795. The summed E-state index contributed by atoms with van der Waals surface area (Å²) in [5.41, 5.74) is 0.543. The van der Waals surface area contributed by atoms with E-state index >= 15 is 0 Å². The number of hydrogen-bond acceptors (Lipinski definition) is 2. The normalized spacial score (nSPS) is 19.9. The second-order valence-electron chi connectivity index (χ2n) is 4.48. The fraction of sp³-hybridized carbons (Fsp3) is 0.500. The van der Waals surface area contributed by atoms with E-state index in [4.69, 9.17) is 0 Å². The van der Waals surface area contributed by atoms with Gasteiger partial charge in [0.05, 0.1) is 6.10 Å². The predicted molar refractivity (Wildman–Crippen MR) is 57.0 cm³/mol. The molecule has 0 saturated heterocycles. The number of benzene rings is 1. The van der Waals surface area contributed by atoms with Crippen molar-refractivity contribution < 1.29 is 9.50 Å². The van der Waals surface area contributed by atoms with Gasteiger partial charge in [-0.1, -0.05) is 18.2 Å². The van der Waals surface area contributed by atoms with Crippen LogP contribution >= 0.6 is 0 Å². The molecule has 0 aliphatic heterocycles. The molecule has 0 bridgehead atoms. The lowest BCUT2D eigenvalue weighted by molar-refractivity contribution is 0.164. The van der Waals surface area contributed by atoms with E-state index in [0.717, 1.165) is 12.8 Å². The van der Waals surface area contributed by atoms with Gasteiger partial charge in [-0.05, 0) is 25.8 Å². The minimum Gasteiger partial charge on any atom is -0.387 e. The van der Waals surface area contributed by atoms with Gasteiger partial charge in [0.2, 0.25) is 0 Å². The number of rotatable bonds is 4. The maximum atomic E-state index is 13.3. The number of aliphatic hydroxyl groups is 1. The van der Waals surface area contributed by atoms with Gasteiger partial charge in [0.15, 0.2) is 0 Å². The molecule has 82 valence electrons. The Hall–Kier alpha value is -0.930. The Kier molecular flexibility index (Phi) is 2.76. The zero-order chi connectivity index (χ0) is 10.9. The van der Waals surface area contributed by atoms with E-state index in [1.807, 2.05) is 0 Å². The van der Waals surface area contributed by atoms with Crippen molar-refractivity contribution >= 4 is 0 Å². The number of aliphatic hydroxyl groups excluding tert-OH is 1. The molecule has 0 aromatic heterocycles. The molecule has 0 heterocycles. The molecule has 2 rings (SSSR count). The average molecular weight is 209 g/mol. The molecule has 1 saturated carbocycles. The third-order valence-corrected chi connectivity index (χ3v) is 2.99. The van der Waals surface area contributed by atoms with Crippen molar-refractivity contribution in [1.29, 1.82) is 0 Å². The van der Waals surface area contributed by atoms with Crippen molar-refractivity contribution in [3.8, 4) is 0 Å². The number of β-amino-alcohol motifs (C(OH)–C–C–N with tert-alkyl or cyclic N) is 1. The molecule has 0 radical (unpaired) electrons. The van der Waals surface area contributed by atoms with Gasteiger partial charge < -0.3 is 10.4 Å². The molecule has 2 nitrogen and oxygen atoms in total. The lowest BCUT2D eigenvalue weighted by Crippen LogP contribution is -2.32. The maximum Gasteiger partial charge on any atom is 0.129 e. The largest absolute Gasteiger partial charge is 0.387 e. The monoisotopic (exact) mass is 209 g/mol. The average Bonchev–Trinajstić information content (AvgIpc) is 2.95. The van der Waals surface area contributed by atoms with E-state index < -0.39 is 6.10 Å². The SMILES string of the molecule is CC1(NCC(O)c2ccccc2F)CC1. The number of halogens is 1. The zero-order valence-corrected chi connectivity index (χ0v) is 8.83. The minimum atomic E-state index is -0.761. The maximum absolute atomic E-state index is 13.3. The lowest BCUT2D eigenvalue weighted by atomic mass is 10.1. The van der Waals surface area contributed by atoms with Crippen LogP contribution in [-0.4, -0.2) is 17.2 Å². The molecular formula is C12H16FNO. The predicted octanol–water partition coefficient (Wildman–Crippen LogP) is 2.00. The molecule has 15 heavy (non-hydrogen) atoms. The molecular weight excluding hydrogens is 193 g/mol. The van der Waals surface area contributed by atoms with Gasteiger partial charge in [-0.2, -0.15) is 0 Å². The van der Waals surface area contributed by atoms with E-state index in [1.165, 1.54) is 6.07 Å². The van der Waals surface area contributed by atoms with Crippen LogP contribution in [0.1, 0.15) is 31.4 Å². The van der Waals surface area contributed by atoms with Gasteiger partial charge in [-0.25, -0.2) is 4.39 Å². The molecule has 1 fully saturated rings. The van der Waals surface area contributed by atoms with Crippen LogP contribution in [0.3, 0.4) is 0 Å². The fourth-order valence-corrected chi connectivity index (χ4v) is 1.56. The highest BCUT2D eigenvalue weighted by atomic mass is 19.1. The van der Waals surface area contributed by atoms with Crippen molar-refractivity contribution in [3.63, 3.8) is 0 Å². The van der Waals surface area contributed by atoms with Crippen LogP contribution in [0.4, 0.5) is 4.39 Å². The summed E-state index contributed by atoms with van der Waals surface area (Å²) in [6.07, 6.45) is 1.51. The van der Waals surface area contributed by atoms with Crippen molar-refractivity contribution in [2.45, 2.75) is 31.4 Å². The smallest absolute Gasteiger partial charge is 0.129 e. The van der Waals surface area contributed by atoms with Crippen LogP contribution in [0.2, 0.25) is 0 Å². The second-order valence-corrected chi connectivity index (χ2v) is 4.48. The molecule has 1 aliphatic rings. The molecule has 0 amide bonds. The molecule has 1 atom stereocenters. The summed E-state index contributed by atoms with van der Waals surface area (Å²) in [7, 11) is 0. The van der Waals surface area contributed by atoms with Crippen molar-refractivity contribution in [1.82, 2.24) is 5.32 Å². The van der Waals surface area contributed by atoms with E-state index in [0.29, 0.717) is 12.1 Å². The van der Waals surface area contributed by atoms with Gasteiger partial charge in [0.1, 0.15) is 5.82 Å². The third kappa shape index (κ3) is 2.55. The summed E-state index contributed by atoms with van der Waals surface area (Å²) in [6, 6.07) is 6.36. The second kappa shape index (κ2) is 3.91. The van der Waals surface area contributed by atoms with Gasteiger partial charge >= 0.3 is 0 Å². The van der Waals surface area contributed by atoms with E-state index in [2.05, 4.69) is 12.2 Å². The van der Waals surface area contributed by atoms with Crippen LogP contribution in [0.15, 0.2) is 24.3 Å². The first-order chi connectivity index (χ1) is 7.11. The highest BCUT2D eigenvalue weighted by Crippen LogP contribution is 2.34. The summed E-state index contributed by atoms with van der Waals surface area (Å²) >= 11 is 0. The Morgan fingerprint density at radius 2 is 2.13 bits per heavy atom. The van der Waals surface area contributed by atoms with Crippen LogP contribution in [0.5, 0.6) is 0 Å². The Bertz CT molecular complexity index is 349. The summed E-state index contributed by atoms with van der Waals surface area (Å²) < 4.78 is 13.3. The van der Waals surface area contributed by atoms with Crippen LogP contribution in [-0.2, 0) is 0 Å². The van der Waals surface area contributed by atoms with Crippen LogP contribution < -0.4 is 5.32 Å². The molecule has 3 heteroatoms. The molecule has 1 aliphatic carbocycles. The summed E-state index contributed by atoms with van der Waals surface area (Å²) in [5, 5.41) is 13.0. The van der Waals surface area contributed by atoms with E-state index in [1.54, 1.807) is 18.2 Å². The van der Waals surface area contributed by atoms with Crippen molar-refractivity contribution in [3.05, 3.63) is 35.6 Å². The first kappa shape index (κ1) is 10.6. The van der Waals surface area contributed by atoms with Gasteiger partial charge in [0, 0.05) is 17.6 Å². The van der Waals surface area contributed by atoms with Crippen LogP contribution in [0.25, 0.3) is 0 Å². The first-order valence-corrected chi connectivity index (χ1v) is 5.28. The molecule has 0 spiro atoms. The van der Waals surface area contributed by atoms with Gasteiger partial charge in [-0.3, -0.25) is 0 Å². The Morgan fingerprint density at radius 3 is 2.73 bits per heavy atom. The zero-order valence-electron chi connectivity index (χ0n) is 8.83. The molecule has 1 unspecified atom stereocenters. The first-order valence-electron chi connectivity index (χ1n) is 5.28. The summed E-state index contributed by atoms with van der Waals surface area (Å²) in [6.45, 7) is 2.53. The minimum absolute atomic E-state index is 0.173. The fourth-order valence-electron chi connectivity index (χ4n) is 1.56. The molecule has 2 N–H and O–H groups in total. The molecule has 1 aromatic carbocycles. The summed E-state index contributed by atoms with van der Waals surface area (Å²) in [4.78, 5) is 0.